The third kappa shape index (κ3) is 3.02. The average molecular weight is 267 g/mol. The summed E-state index contributed by atoms with van der Waals surface area (Å²) in [6.45, 7) is 0.719. The SMILES string of the molecule is FC(F)(F)C(F)(F)C(F)(F)CC1CCNCC1. The molecule has 0 unspecified atom stereocenters. The number of rotatable bonds is 3. The van der Waals surface area contributed by atoms with Gasteiger partial charge in [0, 0.05) is 6.42 Å². The molecule has 1 aliphatic rings. The molecule has 0 aliphatic carbocycles. The van der Waals surface area contributed by atoms with Crippen LogP contribution in [0.2, 0.25) is 0 Å². The first kappa shape index (κ1) is 14.5. The fourth-order valence-corrected chi connectivity index (χ4v) is 1.78. The van der Waals surface area contributed by atoms with Gasteiger partial charge in [0.25, 0.3) is 0 Å². The van der Waals surface area contributed by atoms with Crippen LogP contribution in [0.5, 0.6) is 0 Å². The second-order valence-electron chi connectivity index (χ2n) is 4.17. The molecule has 0 radical (unpaired) electrons. The molecule has 0 aromatic carbocycles. The van der Waals surface area contributed by atoms with E-state index in [1.165, 1.54) is 0 Å². The van der Waals surface area contributed by atoms with Crippen molar-refractivity contribution in [3.05, 3.63) is 0 Å². The van der Waals surface area contributed by atoms with Crippen LogP contribution in [0.25, 0.3) is 0 Å². The minimum absolute atomic E-state index is 0.184. The van der Waals surface area contributed by atoms with Crippen LogP contribution >= 0.6 is 0 Å². The molecule has 1 N–H and O–H groups in total. The molecule has 0 spiro atoms. The molecule has 1 heterocycles. The van der Waals surface area contributed by atoms with Crippen LogP contribution in [-0.4, -0.2) is 31.1 Å². The molecule has 0 aromatic heterocycles. The molecule has 1 aliphatic heterocycles. The highest BCUT2D eigenvalue weighted by molar-refractivity contribution is 4.92. The molecular weight excluding hydrogens is 255 g/mol. The van der Waals surface area contributed by atoms with Gasteiger partial charge in [0.05, 0.1) is 0 Å². The largest absolute Gasteiger partial charge is 0.459 e. The molecular formula is C9H12F7N. The molecule has 1 rings (SSSR count). The van der Waals surface area contributed by atoms with Gasteiger partial charge < -0.3 is 5.32 Å². The van der Waals surface area contributed by atoms with Crippen LogP contribution in [0, 0.1) is 5.92 Å². The lowest BCUT2D eigenvalue weighted by molar-refractivity contribution is -0.357. The van der Waals surface area contributed by atoms with Crippen LogP contribution < -0.4 is 5.32 Å². The van der Waals surface area contributed by atoms with E-state index in [0.29, 0.717) is 13.1 Å². The van der Waals surface area contributed by atoms with E-state index in [1.54, 1.807) is 0 Å². The summed E-state index contributed by atoms with van der Waals surface area (Å²) in [6.07, 6.45) is -7.28. The van der Waals surface area contributed by atoms with Crippen molar-refractivity contribution in [2.45, 2.75) is 37.3 Å². The maximum Gasteiger partial charge on any atom is 0.459 e. The molecule has 0 atom stereocenters. The molecule has 0 amide bonds. The summed E-state index contributed by atoms with van der Waals surface area (Å²) in [5.41, 5.74) is 0. The topological polar surface area (TPSA) is 12.0 Å². The maximum atomic E-state index is 13.0. The van der Waals surface area contributed by atoms with E-state index in [9.17, 15) is 30.7 Å². The van der Waals surface area contributed by atoms with Crippen molar-refractivity contribution < 1.29 is 30.7 Å². The Morgan fingerprint density at radius 2 is 1.35 bits per heavy atom. The number of hydrogen-bond acceptors (Lipinski definition) is 1. The summed E-state index contributed by atoms with van der Waals surface area (Å²) in [6, 6.07) is 0. The molecule has 1 saturated heterocycles. The van der Waals surface area contributed by atoms with Gasteiger partial charge in [-0.2, -0.15) is 30.7 Å². The van der Waals surface area contributed by atoms with Gasteiger partial charge in [0.2, 0.25) is 0 Å². The number of piperidine rings is 1. The van der Waals surface area contributed by atoms with Gasteiger partial charge in [-0.25, -0.2) is 0 Å². The fourth-order valence-electron chi connectivity index (χ4n) is 1.78. The van der Waals surface area contributed by atoms with Crippen molar-refractivity contribution >= 4 is 0 Å². The zero-order valence-corrected chi connectivity index (χ0v) is 8.76. The highest BCUT2D eigenvalue weighted by atomic mass is 19.4. The summed E-state index contributed by atoms with van der Waals surface area (Å²) >= 11 is 0. The van der Waals surface area contributed by atoms with Crippen LogP contribution in [0.15, 0.2) is 0 Å². The Hall–Kier alpha value is -0.530. The molecule has 0 aromatic rings. The van der Waals surface area contributed by atoms with Gasteiger partial charge >= 0.3 is 18.0 Å². The molecule has 0 saturated carbocycles. The highest BCUT2D eigenvalue weighted by Crippen LogP contribution is 2.49. The summed E-state index contributed by atoms with van der Waals surface area (Å²) in [5.74, 6) is -11.8. The van der Waals surface area contributed by atoms with Crippen LogP contribution in [0.3, 0.4) is 0 Å². The van der Waals surface area contributed by atoms with Gasteiger partial charge in [0.15, 0.2) is 0 Å². The van der Waals surface area contributed by atoms with E-state index >= 15 is 0 Å². The van der Waals surface area contributed by atoms with Gasteiger partial charge in [0.1, 0.15) is 0 Å². The molecule has 1 fully saturated rings. The van der Waals surface area contributed by atoms with Crippen molar-refractivity contribution in [1.82, 2.24) is 5.32 Å². The quantitative estimate of drug-likeness (QED) is 0.774. The Morgan fingerprint density at radius 1 is 0.882 bits per heavy atom. The minimum Gasteiger partial charge on any atom is -0.317 e. The van der Waals surface area contributed by atoms with Crippen molar-refractivity contribution in [3.63, 3.8) is 0 Å². The Kier molecular flexibility index (Phi) is 3.95. The first-order valence-electron chi connectivity index (χ1n) is 5.11. The highest BCUT2D eigenvalue weighted by Gasteiger charge is 2.72. The lowest BCUT2D eigenvalue weighted by atomic mass is 9.89. The molecule has 8 heteroatoms. The predicted molar refractivity (Wildman–Crippen MR) is 46.2 cm³/mol. The maximum absolute atomic E-state index is 13.0. The van der Waals surface area contributed by atoms with Crippen molar-refractivity contribution in [3.8, 4) is 0 Å². The summed E-state index contributed by atoms with van der Waals surface area (Å²) in [7, 11) is 0. The van der Waals surface area contributed by atoms with E-state index in [0.717, 1.165) is 0 Å². The third-order valence-corrected chi connectivity index (χ3v) is 2.82. The zero-order valence-electron chi connectivity index (χ0n) is 8.76. The lowest BCUT2D eigenvalue weighted by Crippen LogP contribution is -2.53. The van der Waals surface area contributed by atoms with Crippen LogP contribution in [0.4, 0.5) is 30.7 Å². The number of nitrogens with one attached hydrogen (secondary N) is 1. The monoisotopic (exact) mass is 267 g/mol. The van der Waals surface area contributed by atoms with Crippen molar-refractivity contribution in [2.24, 2.45) is 5.92 Å². The lowest BCUT2D eigenvalue weighted by Gasteiger charge is -2.32. The smallest absolute Gasteiger partial charge is 0.317 e. The summed E-state index contributed by atoms with van der Waals surface area (Å²) in [5, 5.41) is 2.81. The zero-order chi connectivity index (χ0) is 13.3. The van der Waals surface area contributed by atoms with E-state index in [4.69, 9.17) is 0 Å². The Bertz CT molecular complexity index is 255. The fraction of sp³-hybridized carbons (Fsp3) is 1.00. The van der Waals surface area contributed by atoms with E-state index in [2.05, 4.69) is 5.32 Å². The molecule has 0 bridgehead atoms. The van der Waals surface area contributed by atoms with Crippen molar-refractivity contribution in [2.75, 3.05) is 13.1 Å². The normalized spacial score (nSPS) is 20.6. The van der Waals surface area contributed by atoms with Crippen LogP contribution in [-0.2, 0) is 0 Å². The van der Waals surface area contributed by atoms with Crippen molar-refractivity contribution in [1.29, 1.82) is 0 Å². The van der Waals surface area contributed by atoms with Gasteiger partial charge in [-0.15, -0.1) is 0 Å². The molecule has 17 heavy (non-hydrogen) atoms. The van der Waals surface area contributed by atoms with Crippen LogP contribution in [0.1, 0.15) is 19.3 Å². The standard InChI is InChI=1S/C9H12F7N/c10-7(11,8(12,13)9(14,15)16)5-6-1-3-17-4-2-6/h6,17H,1-5H2. The minimum atomic E-state index is -6.22. The van der Waals surface area contributed by atoms with Gasteiger partial charge in [-0.05, 0) is 31.8 Å². The molecule has 102 valence electrons. The first-order chi connectivity index (χ1) is 7.58. The molecule has 1 nitrogen and oxygen atoms in total. The second-order valence-corrected chi connectivity index (χ2v) is 4.17. The van der Waals surface area contributed by atoms with Gasteiger partial charge in [-0.3, -0.25) is 0 Å². The van der Waals surface area contributed by atoms with Gasteiger partial charge in [-0.1, -0.05) is 0 Å². The number of halogens is 7. The summed E-state index contributed by atoms with van der Waals surface area (Å²) < 4.78 is 86.7. The number of alkyl halides is 7. The Balaban J connectivity index is 2.72. The van der Waals surface area contributed by atoms with E-state index in [-0.39, 0.29) is 12.8 Å². The average Bonchev–Trinajstić information content (AvgIpc) is 2.16. The van der Waals surface area contributed by atoms with E-state index < -0.39 is 30.4 Å². The Morgan fingerprint density at radius 3 is 1.76 bits per heavy atom. The summed E-state index contributed by atoms with van der Waals surface area (Å²) in [4.78, 5) is 0. The number of hydrogen-bond donors (Lipinski definition) is 1. The predicted octanol–water partition coefficient (Wildman–Crippen LogP) is 3.21. The third-order valence-electron chi connectivity index (χ3n) is 2.82. The first-order valence-corrected chi connectivity index (χ1v) is 5.11. The Labute approximate surface area is 93.4 Å². The second kappa shape index (κ2) is 4.62. The van der Waals surface area contributed by atoms with E-state index in [1.807, 2.05) is 0 Å².